The maximum atomic E-state index is 6.82. The molecule has 1 atom stereocenters. The van der Waals surface area contributed by atoms with Crippen molar-refractivity contribution in [3.63, 3.8) is 0 Å². The lowest BCUT2D eigenvalue weighted by Crippen LogP contribution is -2.34. The molecule has 1 heterocycles. The second-order valence-electron chi connectivity index (χ2n) is 16.3. The van der Waals surface area contributed by atoms with E-state index in [1.165, 1.54) is 60.9 Å². The molecule has 0 aromatic heterocycles. The zero-order valence-corrected chi connectivity index (χ0v) is 34.1. The minimum absolute atomic E-state index is 0.597. The van der Waals surface area contributed by atoms with E-state index in [1.54, 1.807) is 0 Å². The molecule has 2 aliphatic carbocycles. The van der Waals surface area contributed by atoms with Crippen LogP contribution in [0, 0.1) is 0 Å². The third kappa shape index (κ3) is 5.65. The molecule has 2 heteroatoms. The molecular weight excluding hydrogens is 751 g/mol. The molecule has 9 aromatic rings. The third-order valence-corrected chi connectivity index (χ3v) is 12.9. The fraction of sp³-hybridized carbons (Fsp3) is 0.0333. The van der Waals surface area contributed by atoms with Crippen LogP contribution >= 0.6 is 0 Å². The molecule has 0 bridgehead atoms. The molecule has 0 radical (unpaired) electrons. The first kappa shape index (κ1) is 36.0. The second-order valence-corrected chi connectivity index (χ2v) is 16.3. The number of benzene rings is 9. The summed E-state index contributed by atoms with van der Waals surface area (Å²) in [6.07, 6.45) is 9.54. The Morgan fingerprint density at radius 2 is 1.00 bits per heavy atom. The number of para-hydroxylation sites is 1. The summed E-state index contributed by atoms with van der Waals surface area (Å²) in [7, 11) is 0. The Morgan fingerprint density at radius 1 is 0.403 bits per heavy atom. The summed E-state index contributed by atoms with van der Waals surface area (Å²) in [6.45, 7) is 0. The van der Waals surface area contributed by atoms with Gasteiger partial charge in [0.2, 0.25) is 0 Å². The molecule has 292 valence electrons. The van der Waals surface area contributed by atoms with Crippen molar-refractivity contribution in [3.05, 3.63) is 265 Å². The molecule has 0 fully saturated rings. The molecular formula is C60H41NO. The normalized spacial score (nSPS) is 15.7. The second kappa shape index (κ2) is 14.7. The molecule has 0 N–H and O–H groups in total. The summed E-state index contributed by atoms with van der Waals surface area (Å²) in [5.41, 5.74) is 17.1. The molecule has 2 nitrogen and oxygen atoms in total. The first-order valence-electron chi connectivity index (χ1n) is 21.5. The monoisotopic (exact) mass is 791 g/mol. The number of fused-ring (bicyclic) bond motifs is 9. The highest BCUT2D eigenvalue weighted by Crippen LogP contribution is 2.62. The van der Waals surface area contributed by atoms with Crippen LogP contribution in [0.15, 0.2) is 248 Å². The van der Waals surface area contributed by atoms with E-state index in [-0.39, 0.29) is 0 Å². The van der Waals surface area contributed by atoms with E-state index in [2.05, 4.69) is 242 Å². The van der Waals surface area contributed by atoms with Crippen LogP contribution in [0.2, 0.25) is 0 Å². The number of rotatable bonds is 6. The Hall–Kier alpha value is -7.94. The SMILES string of the molecule is C1=CCC2=C(C=C1)C1(c3ccccc3O2)c2ccccc2-c2ccc(N(c3cc(-c4ccccc4)cc(-c4ccccc4)c3)c3ccc(-c4ccccc4)c4ccccc34)cc21. The summed E-state index contributed by atoms with van der Waals surface area (Å²) < 4.78 is 6.82. The predicted octanol–water partition coefficient (Wildman–Crippen LogP) is 15.8. The lowest BCUT2D eigenvalue weighted by molar-refractivity contribution is 0.377. The van der Waals surface area contributed by atoms with Crippen LogP contribution in [0.5, 0.6) is 5.75 Å². The van der Waals surface area contributed by atoms with E-state index < -0.39 is 5.41 Å². The standard InChI is InChI=1S/C60H41NO/c1-5-19-41(20-6-1)44-37-45(42-21-7-2-8-22-42)39-47(38-44)61(57-36-35-48(43-23-9-3-10-24-43)49-25-13-14-27-52(49)57)46-33-34-51-50-26-15-16-28-53(50)60(56(51)40-46)54-29-11-4-12-31-58(54)62-59-32-18-17-30-55(59)60/h1-30,32-40H,31H2. The summed E-state index contributed by atoms with van der Waals surface area (Å²) in [5.74, 6) is 1.90. The quantitative estimate of drug-likeness (QED) is 0.166. The maximum absolute atomic E-state index is 6.82. The number of anilines is 3. The highest BCUT2D eigenvalue weighted by atomic mass is 16.5. The number of ether oxygens (including phenoxy) is 1. The highest BCUT2D eigenvalue weighted by molar-refractivity contribution is 6.07. The van der Waals surface area contributed by atoms with Gasteiger partial charge in [0.1, 0.15) is 11.5 Å². The summed E-state index contributed by atoms with van der Waals surface area (Å²) in [6, 6.07) is 77.6. The number of hydrogen-bond donors (Lipinski definition) is 0. The van der Waals surface area contributed by atoms with Crippen LogP contribution in [0.25, 0.3) is 55.3 Å². The molecule has 3 aliphatic rings. The van der Waals surface area contributed by atoms with Crippen molar-refractivity contribution >= 4 is 27.8 Å². The van der Waals surface area contributed by atoms with Gasteiger partial charge in [-0.25, -0.2) is 0 Å². The van der Waals surface area contributed by atoms with E-state index >= 15 is 0 Å². The van der Waals surface area contributed by atoms with Gasteiger partial charge in [0.25, 0.3) is 0 Å². The summed E-state index contributed by atoms with van der Waals surface area (Å²) >= 11 is 0. The molecule has 12 rings (SSSR count). The van der Waals surface area contributed by atoms with Crippen molar-refractivity contribution in [2.24, 2.45) is 0 Å². The highest BCUT2D eigenvalue weighted by Gasteiger charge is 2.51. The van der Waals surface area contributed by atoms with Crippen molar-refractivity contribution in [3.8, 4) is 50.3 Å². The van der Waals surface area contributed by atoms with E-state index in [0.717, 1.165) is 51.7 Å². The Kier molecular flexibility index (Phi) is 8.50. The van der Waals surface area contributed by atoms with E-state index in [9.17, 15) is 0 Å². The van der Waals surface area contributed by atoms with Gasteiger partial charge in [-0.3, -0.25) is 0 Å². The minimum atomic E-state index is -0.597. The van der Waals surface area contributed by atoms with Gasteiger partial charge in [0.15, 0.2) is 0 Å². The Labute approximate surface area is 362 Å². The van der Waals surface area contributed by atoms with Crippen LogP contribution < -0.4 is 9.64 Å². The first-order valence-corrected chi connectivity index (χ1v) is 21.5. The topological polar surface area (TPSA) is 12.5 Å². The van der Waals surface area contributed by atoms with Crippen LogP contribution in [0.4, 0.5) is 17.1 Å². The number of allylic oxidation sites excluding steroid dienone is 5. The zero-order valence-electron chi connectivity index (χ0n) is 34.1. The van der Waals surface area contributed by atoms with Crippen LogP contribution in [0.3, 0.4) is 0 Å². The van der Waals surface area contributed by atoms with E-state index in [1.807, 2.05) is 0 Å². The summed E-state index contributed by atoms with van der Waals surface area (Å²) in [4.78, 5) is 2.50. The van der Waals surface area contributed by atoms with Crippen molar-refractivity contribution in [2.45, 2.75) is 11.8 Å². The maximum Gasteiger partial charge on any atom is 0.131 e. The molecule has 62 heavy (non-hydrogen) atoms. The fourth-order valence-corrected chi connectivity index (χ4v) is 10.3. The van der Waals surface area contributed by atoms with Gasteiger partial charge in [-0.1, -0.05) is 194 Å². The lowest BCUT2D eigenvalue weighted by atomic mass is 9.65. The van der Waals surface area contributed by atoms with Gasteiger partial charge >= 0.3 is 0 Å². The van der Waals surface area contributed by atoms with Gasteiger partial charge in [0, 0.05) is 34.3 Å². The molecule has 9 aromatic carbocycles. The van der Waals surface area contributed by atoms with E-state index in [4.69, 9.17) is 4.74 Å². The van der Waals surface area contributed by atoms with Crippen molar-refractivity contribution < 1.29 is 4.74 Å². The van der Waals surface area contributed by atoms with Crippen molar-refractivity contribution in [1.82, 2.24) is 0 Å². The number of hydrogen-bond acceptors (Lipinski definition) is 2. The van der Waals surface area contributed by atoms with E-state index in [0.29, 0.717) is 0 Å². The average Bonchev–Trinajstić information content (AvgIpc) is 3.43. The first-order chi connectivity index (χ1) is 30.8. The largest absolute Gasteiger partial charge is 0.461 e. The van der Waals surface area contributed by atoms with Crippen LogP contribution in [0.1, 0.15) is 23.1 Å². The van der Waals surface area contributed by atoms with Crippen LogP contribution in [-0.2, 0) is 5.41 Å². The van der Waals surface area contributed by atoms with Crippen LogP contribution in [-0.4, -0.2) is 0 Å². The minimum Gasteiger partial charge on any atom is -0.461 e. The lowest BCUT2D eigenvalue weighted by Gasteiger charge is -2.40. The Balaban J connectivity index is 1.17. The smallest absolute Gasteiger partial charge is 0.131 e. The molecule has 1 aliphatic heterocycles. The molecule has 1 unspecified atom stereocenters. The predicted molar refractivity (Wildman–Crippen MR) is 257 cm³/mol. The number of nitrogens with zero attached hydrogens (tertiary/aromatic N) is 1. The molecule has 0 saturated heterocycles. The zero-order chi connectivity index (χ0) is 41.0. The van der Waals surface area contributed by atoms with Gasteiger partial charge in [-0.2, -0.15) is 0 Å². The average molecular weight is 792 g/mol. The Bertz CT molecular complexity index is 3230. The van der Waals surface area contributed by atoms with Crippen molar-refractivity contribution in [1.29, 1.82) is 0 Å². The molecule has 0 amide bonds. The molecule has 1 spiro atoms. The fourth-order valence-electron chi connectivity index (χ4n) is 10.3. The van der Waals surface area contributed by atoms with Gasteiger partial charge in [0.05, 0.1) is 11.1 Å². The molecule has 0 saturated carbocycles. The van der Waals surface area contributed by atoms with Crippen molar-refractivity contribution in [2.75, 3.05) is 4.90 Å². The summed E-state index contributed by atoms with van der Waals surface area (Å²) in [5, 5.41) is 2.39. The Morgan fingerprint density at radius 3 is 1.74 bits per heavy atom. The van der Waals surface area contributed by atoms with Gasteiger partial charge in [-0.05, 0) is 103 Å². The van der Waals surface area contributed by atoms with Gasteiger partial charge in [-0.15, -0.1) is 0 Å². The third-order valence-electron chi connectivity index (χ3n) is 12.9. The van der Waals surface area contributed by atoms with Gasteiger partial charge < -0.3 is 9.64 Å².